The van der Waals surface area contributed by atoms with Gasteiger partial charge in [-0.2, -0.15) is 0 Å². The van der Waals surface area contributed by atoms with Crippen LogP contribution in [-0.2, 0) is 22.7 Å². The van der Waals surface area contributed by atoms with Crippen molar-refractivity contribution >= 4 is 34.8 Å². The lowest BCUT2D eigenvalue weighted by Gasteiger charge is -2.24. The molecule has 3 aromatic carbocycles. The Morgan fingerprint density at radius 1 is 0.857 bits per heavy atom. The number of amides is 2. The molecule has 0 aliphatic carbocycles. The minimum absolute atomic E-state index is 0.0214. The van der Waals surface area contributed by atoms with Crippen molar-refractivity contribution in [3.63, 3.8) is 0 Å². The van der Waals surface area contributed by atoms with Gasteiger partial charge in [-0.05, 0) is 59.7 Å². The molecule has 1 atom stereocenters. The Morgan fingerprint density at radius 2 is 1.43 bits per heavy atom. The van der Waals surface area contributed by atoms with E-state index in [0.29, 0.717) is 29.6 Å². The van der Waals surface area contributed by atoms with Crippen molar-refractivity contribution in [2.24, 2.45) is 0 Å². The molecule has 2 amide bonds. The maximum absolute atomic E-state index is 13.5. The topological polar surface area (TPSA) is 71.1 Å². The van der Waals surface area contributed by atoms with Crippen LogP contribution in [0.4, 0.5) is 5.69 Å². The minimum Gasteiger partial charge on any atom is -0.497 e. The lowest BCUT2D eigenvalue weighted by molar-refractivity contribution is -0.131. The van der Waals surface area contributed by atoms with Gasteiger partial charge in [-0.25, -0.2) is 0 Å². The zero-order valence-electron chi connectivity index (χ0n) is 19.6. The van der Waals surface area contributed by atoms with E-state index in [4.69, 9.17) is 21.7 Å². The molecule has 1 unspecified atom stereocenters. The molecule has 7 nitrogen and oxygen atoms in total. The highest BCUT2D eigenvalue weighted by molar-refractivity contribution is 7.80. The second-order valence-electron chi connectivity index (χ2n) is 8.17. The largest absolute Gasteiger partial charge is 0.497 e. The van der Waals surface area contributed by atoms with E-state index in [-0.39, 0.29) is 18.2 Å². The van der Waals surface area contributed by atoms with E-state index in [9.17, 15) is 9.59 Å². The van der Waals surface area contributed by atoms with Crippen LogP contribution in [0, 0.1) is 0 Å². The summed E-state index contributed by atoms with van der Waals surface area (Å²) in [7, 11) is 3.20. The summed E-state index contributed by atoms with van der Waals surface area (Å²) in [5, 5.41) is 3.28. The summed E-state index contributed by atoms with van der Waals surface area (Å²) in [5.41, 5.74) is 2.56. The van der Waals surface area contributed by atoms with Crippen LogP contribution >= 0.6 is 12.2 Å². The van der Waals surface area contributed by atoms with E-state index in [0.717, 1.165) is 16.9 Å². The van der Waals surface area contributed by atoms with Crippen molar-refractivity contribution in [3.05, 3.63) is 90.0 Å². The Bertz CT molecular complexity index is 1180. The molecule has 0 spiro atoms. The number of benzene rings is 3. The van der Waals surface area contributed by atoms with Crippen molar-refractivity contribution in [1.82, 2.24) is 9.80 Å². The van der Waals surface area contributed by atoms with Crippen molar-refractivity contribution in [2.45, 2.75) is 25.6 Å². The number of carbonyl (C=O) groups excluding carboxylic acids is 2. The summed E-state index contributed by atoms with van der Waals surface area (Å²) in [5.74, 6) is 0.992. The molecular formula is C27H27N3O4S. The number of hydrogen-bond donors (Lipinski definition) is 1. The van der Waals surface area contributed by atoms with Gasteiger partial charge in [0.15, 0.2) is 5.11 Å². The minimum atomic E-state index is -0.702. The Labute approximate surface area is 210 Å². The quantitative estimate of drug-likeness (QED) is 0.454. The SMILES string of the molecule is COc1ccc(CN2C(=S)N(Cc3ccccc3)C(=O)C2CC(=O)Nc2ccc(OC)cc2)cc1. The molecular weight excluding hydrogens is 462 g/mol. The van der Waals surface area contributed by atoms with E-state index >= 15 is 0 Å². The molecule has 1 heterocycles. The number of methoxy groups -OCH3 is 2. The monoisotopic (exact) mass is 489 g/mol. The Morgan fingerprint density at radius 3 is 2.03 bits per heavy atom. The summed E-state index contributed by atoms with van der Waals surface area (Å²) >= 11 is 5.73. The van der Waals surface area contributed by atoms with Crippen LogP contribution < -0.4 is 14.8 Å². The summed E-state index contributed by atoms with van der Waals surface area (Å²) in [4.78, 5) is 29.8. The molecule has 0 saturated carbocycles. The summed E-state index contributed by atoms with van der Waals surface area (Å²) < 4.78 is 10.4. The smallest absolute Gasteiger partial charge is 0.252 e. The molecule has 4 rings (SSSR count). The summed E-state index contributed by atoms with van der Waals surface area (Å²) in [6, 6.07) is 23.6. The Balaban J connectivity index is 1.53. The van der Waals surface area contributed by atoms with Crippen molar-refractivity contribution in [2.75, 3.05) is 19.5 Å². The number of rotatable bonds is 9. The number of anilines is 1. The van der Waals surface area contributed by atoms with Crippen LogP contribution in [0.1, 0.15) is 17.5 Å². The second-order valence-corrected chi connectivity index (χ2v) is 8.53. The highest BCUT2D eigenvalue weighted by Gasteiger charge is 2.43. The number of hydrogen-bond acceptors (Lipinski definition) is 5. The van der Waals surface area contributed by atoms with Crippen LogP contribution in [0.15, 0.2) is 78.9 Å². The first-order chi connectivity index (χ1) is 17.0. The average molecular weight is 490 g/mol. The normalized spacial score (nSPS) is 15.3. The summed E-state index contributed by atoms with van der Waals surface area (Å²) in [6.45, 7) is 0.758. The van der Waals surface area contributed by atoms with Crippen LogP contribution in [0.25, 0.3) is 0 Å². The fraction of sp³-hybridized carbons (Fsp3) is 0.222. The molecule has 1 fully saturated rings. The van der Waals surface area contributed by atoms with Crippen LogP contribution in [0.5, 0.6) is 11.5 Å². The third-order valence-corrected chi connectivity index (χ3v) is 6.31. The number of nitrogens with one attached hydrogen (secondary N) is 1. The standard InChI is InChI=1S/C27H27N3O4S/c1-33-22-12-8-20(9-13-22)17-29-24(16-25(31)28-21-10-14-23(34-2)15-11-21)26(32)30(27(29)35)18-19-6-4-3-5-7-19/h3-15,24H,16-18H2,1-2H3,(H,28,31). The third kappa shape index (κ3) is 5.78. The van der Waals surface area contributed by atoms with Gasteiger partial charge in [-0.3, -0.25) is 14.5 Å². The molecule has 1 aliphatic rings. The van der Waals surface area contributed by atoms with E-state index in [1.807, 2.05) is 59.5 Å². The number of carbonyl (C=O) groups is 2. The van der Waals surface area contributed by atoms with E-state index in [2.05, 4.69) is 5.32 Å². The first-order valence-electron chi connectivity index (χ1n) is 11.2. The average Bonchev–Trinajstić information content (AvgIpc) is 3.09. The van der Waals surface area contributed by atoms with E-state index < -0.39 is 6.04 Å². The number of ether oxygens (including phenoxy) is 2. The molecule has 1 N–H and O–H groups in total. The van der Waals surface area contributed by atoms with Gasteiger partial charge in [-0.1, -0.05) is 42.5 Å². The van der Waals surface area contributed by atoms with Gasteiger partial charge in [0.25, 0.3) is 5.91 Å². The van der Waals surface area contributed by atoms with Gasteiger partial charge in [0.2, 0.25) is 5.91 Å². The van der Waals surface area contributed by atoms with Gasteiger partial charge < -0.3 is 19.7 Å². The Kier molecular flexibility index (Phi) is 7.62. The maximum atomic E-state index is 13.5. The van der Waals surface area contributed by atoms with Gasteiger partial charge >= 0.3 is 0 Å². The molecule has 1 aliphatic heterocycles. The zero-order chi connectivity index (χ0) is 24.8. The molecule has 180 valence electrons. The molecule has 35 heavy (non-hydrogen) atoms. The van der Waals surface area contributed by atoms with Gasteiger partial charge in [0.05, 0.1) is 27.2 Å². The van der Waals surface area contributed by atoms with Gasteiger partial charge in [-0.15, -0.1) is 0 Å². The first kappa shape index (κ1) is 24.2. The molecule has 1 saturated heterocycles. The molecule has 3 aromatic rings. The highest BCUT2D eigenvalue weighted by atomic mass is 32.1. The van der Waals surface area contributed by atoms with Crippen LogP contribution in [-0.4, -0.2) is 47.0 Å². The summed E-state index contributed by atoms with van der Waals surface area (Å²) in [6.07, 6.45) is -0.0214. The van der Waals surface area contributed by atoms with E-state index in [1.54, 1.807) is 43.4 Å². The maximum Gasteiger partial charge on any atom is 0.252 e. The van der Waals surface area contributed by atoms with Crippen LogP contribution in [0.2, 0.25) is 0 Å². The van der Waals surface area contributed by atoms with Crippen molar-refractivity contribution < 1.29 is 19.1 Å². The van der Waals surface area contributed by atoms with Gasteiger partial charge in [0.1, 0.15) is 17.5 Å². The van der Waals surface area contributed by atoms with Crippen molar-refractivity contribution in [3.8, 4) is 11.5 Å². The Hall–Kier alpha value is -3.91. The lowest BCUT2D eigenvalue weighted by atomic mass is 10.1. The second kappa shape index (κ2) is 11.0. The fourth-order valence-electron chi connectivity index (χ4n) is 3.97. The van der Waals surface area contributed by atoms with E-state index in [1.165, 1.54) is 0 Å². The predicted molar refractivity (Wildman–Crippen MR) is 138 cm³/mol. The third-order valence-electron chi connectivity index (χ3n) is 5.85. The number of nitrogens with zero attached hydrogens (tertiary/aromatic N) is 2. The number of thiocarbonyl (C=S) groups is 1. The zero-order valence-corrected chi connectivity index (χ0v) is 20.5. The molecule has 0 bridgehead atoms. The fourth-order valence-corrected chi connectivity index (χ4v) is 4.32. The first-order valence-corrected chi connectivity index (χ1v) is 11.6. The lowest BCUT2D eigenvalue weighted by Crippen LogP contribution is -2.37. The van der Waals surface area contributed by atoms with Crippen molar-refractivity contribution in [1.29, 1.82) is 0 Å². The highest BCUT2D eigenvalue weighted by Crippen LogP contribution is 2.26. The molecule has 0 aromatic heterocycles. The van der Waals surface area contributed by atoms with Gasteiger partial charge in [0, 0.05) is 12.2 Å². The molecule has 8 heteroatoms. The predicted octanol–water partition coefficient (Wildman–Crippen LogP) is 4.23. The molecule has 0 radical (unpaired) electrons. The van der Waals surface area contributed by atoms with Crippen LogP contribution in [0.3, 0.4) is 0 Å².